The number of carbonyl (C=O) groups excluding carboxylic acids is 1. The molecule has 23 heteroatoms. The van der Waals surface area contributed by atoms with Crippen molar-refractivity contribution in [1.29, 1.82) is 0 Å². The Hall–Kier alpha value is -2.88. The number of nitrogens with two attached hydrogens (primary N) is 2. The summed E-state index contributed by atoms with van der Waals surface area (Å²) in [6, 6.07) is 0. The molecule has 5 unspecified atom stereocenters. The van der Waals surface area contributed by atoms with E-state index >= 15 is 0 Å². The van der Waals surface area contributed by atoms with Gasteiger partial charge in [-0.3, -0.25) is 18.4 Å². The lowest BCUT2D eigenvalue weighted by atomic mass is 10.1. The molecule has 21 nitrogen and oxygen atoms in total. The number of phosphoric ester groups is 2. The first-order valence-electron chi connectivity index (χ1n) is 12.7. The van der Waals surface area contributed by atoms with Crippen LogP contribution in [0.5, 0.6) is 0 Å². The Morgan fingerprint density at radius 3 is 2.16 bits per heavy atom. The molecule has 3 aliphatic heterocycles. The number of carbonyl (C=O) groups is 1. The van der Waals surface area contributed by atoms with E-state index in [2.05, 4.69) is 19.3 Å². The average Bonchev–Trinajstić information content (AvgIpc) is 3.61. The monoisotopic (exact) mass is 665 g/mol. The van der Waals surface area contributed by atoms with Crippen LogP contribution in [0.3, 0.4) is 0 Å². The first kappa shape index (κ1) is 32.5. The molecule has 44 heavy (non-hydrogen) atoms. The van der Waals surface area contributed by atoms with Crippen LogP contribution in [-0.2, 0) is 36.8 Å². The Morgan fingerprint density at radius 2 is 1.55 bits per heavy atom. The fraction of sp³-hybridized carbons (Fsp3) is 0.524. The van der Waals surface area contributed by atoms with Gasteiger partial charge in [-0.2, -0.15) is 4.31 Å². The molecule has 5 heterocycles. The topological polar surface area (TPSA) is 318 Å². The van der Waals surface area contributed by atoms with Gasteiger partial charge >= 0.3 is 15.6 Å². The summed E-state index contributed by atoms with van der Waals surface area (Å²) < 4.78 is 50.8. The van der Waals surface area contributed by atoms with Crippen molar-refractivity contribution in [3.05, 3.63) is 36.7 Å². The third-order valence-corrected chi connectivity index (χ3v) is 9.48. The average molecular weight is 665 g/mol. The van der Waals surface area contributed by atoms with Crippen LogP contribution >= 0.6 is 15.6 Å². The zero-order valence-electron chi connectivity index (χ0n) is 22.4. The molecule has 1 amide bonds. The number of ether oxygens (including phenoxy) is 2. The van der Waals surface area contributed by atoms with E-state index in [-0.39, 0.29) is 29.0 Å². The third-order valence-electron chi connectivity index (χ3n) is 6.88. The van der Waals surface area contributed by atoms with E-state index in [0.29, 0.717) is 0 Å². The number of allylic oxidation sites excluding steroid dienone is 1. The van der Waals surface area contributed by atoms with Gasteiger partial charge in [0.15, 0.2) is 23.9 Å². The maximum Gasteiger partial charge on any atom is 0.481 e. The van der Waals surface area contributed by atoms with Crippen LogP contribution in [-0.4, -0.2) is 117 Å². The largest absolute Gasteiger partial charge is 0.481 e. The number of rotatable bonds is 11. The number of nitrogen functional groups attached to an aromatic ring is 1. The summed E-state index contributed by atoms with van der Waals surface area (Å²) in [4.78, 5) is 44.6. The minimum absolute atomic E-state index is 0.0517. The van der Waals surface area contributed by atoms with Gasteiger partial charge in [0.1, 0.15) is 48.5 Å². The van der Waals surface area contributed by atoms with Crippen LogP contribution in [0.4, 0.5) is 5.82 Å². The highest BCUT2D eigenvalue weighted by Gasteiger charge is 2.48. The van der Waals surface area contributed by atoms with Gasteiger partial charge in [0, 0.05) is 18.0 Å². The number of anilines is 1. The van der Waals surface area contributed by atoms with Gasteiger partial charge in [0.2, 0.25) is 5.91 Å². The molecule has 2 aromatic heterocycles. The number of hydrogen-bond acceptors (Lipinski definition) is 17. The Kier molecular flexibility index (Phi) is 9.23. The molecule has 2 fully saturated rings. The summed E-state index contributed by atoms with van der Waals surface area (Å²) in [6.45, 7) is -1.79. The number of imidazole rings is 1. The van der Waals surface area contributed by atoms with E-state index in [0.717, 1.165) is 6.33 Å². The van der Waals surface area contributed by atoms with E-state index in [9.17, 15) is 44.1 Å². The van der Waals surface area contributed by atoms with Crippen molar-refractivity contribution in [2.24, 2.45) is 5.73 Å². The van der Waals surface area contributed by atoms with Crippen molar-refractivity contribution in [2.75, 3.05) is 18.9 Å². The van der Waals surface area contributed by atoms with Crippen molar-refractivity contribution in [3.8, 4) is 0 Å². The maximum absolute atomic E-state index is 12.4. The van der Waals surface area contributed by atoms with Crippen LogP contribution in [0, 0.1) is 0 Å². The Bertz CT molecular complexity index is 1560. The summed E-state index contributed by atoms with van der Waals surface area (Å²) >= 11 is 0. The highest BCUT2D eigenvalue weighted by atomic mass is 31.3. The molecule has 0 radical (unpaired) electrons. The highest BCUT2D eigenvalue weighted by molar-refractivity contribution is 7.61. The van der Waals surface area contributed by atoms with Crippen molar-refractivity contribution in [1.82, 2.24) is 24.4 Å². The number of aliphatic hydroxyl groups is 4. The number of amides is 1. The number of primary amides is 1. The van der Waals surface area contributed by atoms with Gasteiger partial charge in [-0.15, -0.1) is 0 Å². The molecule has 0 bridgehead atoms. The smallest absolute Gasteiger partial charge is 0.387 e. The molecule has 3 aliphatic rings. The fourth-order valence-corrected chi connectivity index (χ4v) is 6.77. The minimum Gasteiger partial charge on any atom is -0.387 e. The molecular formula is C21H29N7O14P2. The zero-order chi connectivity index (χ0) is 32.0. The number of aromatic nitrogens is 4. The van der Waals surface area contributed by atoms with Crippen LogP contribution in [0.25, 0.3) is 11.2 Å². The van der Waals surface area contributed by atoms with E-state index in [1.165, 1.54) is 28.2 Å². The van der Waals surface area contributed by atoms with E-state index in [4.69, 9.17) is 30.0 Å². The van der Waals surface area contributed by atoms with Crippen molar-refractivity contribution in [3.63, 3.8) is 0 Å². The first-order valence-corrected chi connectivity index (χ1v) is 15.7. The fourth-order valence-electron chi connectivity index (χ4n) is 4.68. The first-order chi connectivity index (χ1) is 20.7. The van der Waals surface area contributed by atoms with Crippen LogP contribution in [0.15, 0.2) is 36.7 Å². The molecule has 2 saturated heterocycles. The predicted molar refractivity (Wildman–Crippen MR) is 142 cm³/mol. The SMILES string of the molecule is NC(=O)C1=CN(C2O[C@H](COP(=O)(O)OP(=O)(O)OC[C@H]3O[C@@H](n4cnc5c(N)ncnc54)[C@H](O)[C@@H]3O)C(O)C2O)C=CC1. The normalized spacial score (nSPS) is 33.3. The summed E-state index contributed by atoms with van der Waals surface area (Å²) in [6.07, 6.45) is -4.88. The number of aliphatic hydroxyl groups excluding tert-OH is 4. The summed E-state index contributed by atoms with van der Waals surface area (Å²) in [7, 11) is -10.7. The van der Waals surface area contributed by atoms with Crippen LogP contribution < -0.4 is 11.5 Å². The van der Waals surface area contributed by atoms with E-state index in [1.54, 1.807) is 6.08 Å². The van der Waals surface area contributed by atoms with Gasteiger partial charge in [-0.1, -0.05) is 6.08 Å². The van der Waals surface area contributed by atoms with Crippen LogP contribution in [0.2, 0.25) is 0 Å². The van der Waals surface area contributed by atoms with Gasteiger partial charge in [0.05, 0.1) is 19.5 Å². The summed E-state index contributed by atoms with van der Waals surface area (Å²) in [5.41, 5.74) is 11.6. The maximum atomic E-state index is 12.4. The summed E-state index contributed by atoms with van der Waals surface area (Å²) in [5.74, 6) is -0.658. The molecule has 0 saturated carbocycles. The third kappa shape index (κ3) is 6.70. The van der Waals surface area contributed by atoms with Gasteiger partial charge in [-0.25, -0.2) is 24.1 Å². The molecule has 10 atom stereocenters. The Balaban J connectivity index is 1.15. The summed E-state index contributed by atoms with van der Waals surface area (Å²) in [5, 5.41) is 41.6. The highest BCUT2D eigenvalue weighted by Crippen LogP contribution is 2.60. The molecule has 10 N–H and O–H groups in total. The van der Waals surface area contributed by atoms with Crippen molar-refractivity contribution < 1.29 is 67.0 Å². The lowest BCUT2D eigenvalue weighted by Crippen LogP contribution is -2.40. The number of hydrogen-bond donors (Lipinski definition) is 8. The van der Waals surface area contributed by atoms with Gasteiger partial charge < -0.3 is 56.1 Å². The molecule has 5 rings (SSSR count). The van der Waals surface area contributed by atoms with Gasteiger partial charge in [0.25, 0.3) is 0 Å². The second-order valence-corrected chi connectivity index (χ2v) is 12.9. The molecule has 0 aromatic carbocycles. The number of nitrogens with zero attached hydrogens (tertiary/aromatic N) is 5. The second kappa shape index (κ2) is 12.5. The van der Waals surface area contributed by atoms with E-state index in [1.807, 2.05) is 0 Å². The predicted octanol–water partition coefficient (Wildman–Crippen LogP) is -2.69. The Labute approximate surface area is 247 Å². The van der Waals surface area contributed by atoms with Gasteiger partial charge in [-0.05, 0) is 6.42 Å². The van der Waals surface area contributed by atoms with Crippen molar-refractivity contribution >= 4 is 38.5 Å². The lowest BCUT2D eigenvalue weighted by Gasteiger charge is -2.28. The second-order valence-electron chi connectivity index (χ2n) is 9.84. The van der Waals surface area contributed by atoms with Crippen LogP contribution in [0.1, 0.15) is 12.6 Å². The molecular weight excluding hydrogens is 636 g/mol. The zero-order valence-corrected chi connectivity index (χ0v) is 24.2. The standard InChI is InChI=1S/C21H29N7O14P2/c22-17-12-19(25-7-24-17)28(8-26-12)21-16(32)14(30)11(41-21)6-39-44(36,37)42-43(34,35)38-5-10-13(29)15(31)20(40-10)27-3-1-2-9(4-27)18(23)33/h1,3-4,7-8,10-11,13-16,20-21,29-32H,2,5-6H2,(H2,23,33)(H,34,35)(H,36,37)(H2,22,24,25)/t10-,11-,13?,14-,15?,16-,20?,21-/m1/s1. The molecule has 242 valence electrons. The van der Waals surface area contributed by atoms with Crippen molar-refractivity contribution in [2.45, 2.75) is 55.5 Å². The Morgan fingerprint density at radius 1 is 0.955 bits per heavy atom. The number of phosphoric acid groups is 2. The van der Waals surface area contributed by atoms with E-state index < -0.39 is 83.8 Å². The molecule has 0 spiro atoms. The molecule has 0 aliphatic carbocycles. The number of fused-ring (bicyclic) bond motifs is 1. The minimum atomic E-state index is -5.37. The lowest BCUT2D eigenvalue weighted by molar-refractivity contribution is -0.115. The molecule has 2 aromatic rings. The quantitative estimate of drug-likeness (QED) is 0.113.